The lowest BCUT2D eigenvalue weighted by molar-refractivity contribution is 0.114. The summed E-state index contributed by atoms with van der Waals surface area (Å²) in [5.74, 6) is 1.03. The summed E-state index contributed by atoms with van der Waals surface area (Å²) in [5.41, 5.74) is 2.71. The van der Waals surface area contributed by atoms with Gasteiger partial charge in [0.25, 0.3) is 0 Å². The average Bonchev–Trinajstić information content (AvgIpc) is 2.90. The average molecular weight is 275 g/mol. The standard InChI is InChI=1S/C17H25NO2/c1-17(2,3)13-6-7-15-16(11-13)20-10-8-18(15)12-14-5-4-9-19-14/h6-7,11,14H,4-5,8-10,12H2,1-3H3. The smallest absolute Gasteiger partial charge is 0.142 e. The van der Waals surface area contributed by atoms with Crippen LogP contribution in [0.2, 0.25) is 0 Å². The molecule has 3 nitrogen and oxygen atoms in total. The summed E-state index contributed by atoms with van der Waals surface area (Å²) in [4.78, 5) is 2.42. The predicted molar refractivity (Wildman–Crippen MR) is 81.8 cm³/mol. The van der Waals surface area contributed by atoms with E-state index >= 15 is 0 Å². The van der Waals surface area contributed by atoms with Crippen LogP contribution in [-0.2, 0) is 10.2 Å². The van der Waals surface area contributed by atoms with E-state index < -0.39 is 0 Å². The number of benzene rings is 1. The van der Waals surface area contributed by atoms with Crippen molar-refractivity contribution in [3.8, 4) is 5.75 Å². The molecule has 1 unspecified atom stereocenters. The molecule has 2 aliphatic heterocycles. The topological polar surface area (TPSA) is 21.7 Å². The summed E-state index contributed by atoms with van der Waals surface area (Å²) in [6, 6.07) is 6.65. The van der Waals surface area contributed by atoms with E-state index in [1.54, 1.807) is 0 Å². The van der Waals surface area contributed by atoms with Crippen molar-refractivity contribution in [3.05, 3.63) is 23.8 Å². The fourth-order valence-electron chi connectivity index (χ4n) is 2.97. The zero-order valence-electron chi connectivity index (χ0n) is 12.8. The highest BCUT2D eigenvalue weighted by Gasteiger charge is 2.25. The Hall–Kier alpha value is -1.22. The molecule has 0 bridgehead atoms. The van der Waals surface area contributed by atoms with Gasteiger partial charge < -0.3 is 14.4 Å². The van der Waals surface area contributed by atoms with Gasteiger partial charge in [0, 0.05) is 13.2 Å². The number of hydrogen-bond donors (Lipinski definition) is 0. The van der Waals surface area contributed by atoms with Crippen molar-refractivity contribution in [3.63, 3.8) is 0 Å². The van der Waals surface area contributed by atoms with Crippen LogP contribution in [0, 0.1) is 0 Å². The largest absolute Gasteiger partial charge is 0.490 e. The van der Waals surface area contributed by atoms with E-state index in [1.807, 2.05) is 0 Å². The molecule has 0 aromatic heterocycles. The fraction of sp³-hybridized carbons (Fsp3) is 0.647. The van der Waals surface area contributed by atoms with Crippen LogP contribution in [-0.4, -0.2) is 32.4 Å². The van der Waals surface area contributed by atoms with Crippen molar-refractivity contribution in [1.82, 2.24) is 0 Å². The van der Waals surface area contributed by atoms with Crippen LogP contribution in [0.5, 0.6) is 5.75 Å². The van der Waals surface area contributed by atoms with E-state index in [4.69, 9.17) is 9.47 Å². The van der Waals surface area contributed by atoms with Gasteiger partial charge in [-0.15, -0.1) is 0 Å². The second kappa shape index (κ2) is 5.28. The molecule has 0 N–H and O–H groups in total. The Kier molecular flexibility index (Phi) is 3.63. The fourth-order valence-corrected chi connectivity index (χ4v) is 2.97. The molecule has 0 radical (unpaired) electrons. The zero-order chi connectivity index (χ0) is 14.2. The summed E-state index contributed by atoms with van der Waals surface area (Å²) in [5, 5.41) is 0. The third kappa shape index (κ3) is 2.78. The van der Waals surface area contributed by atoms with Crippen molar-refractivity contribution in [2.45, 2.75) is 45.1 Å². The Morgan fingerprint density at radius 3 is 2.80 bits per heavy atom. The van der Waals surface area contributed by atoms with Crippen molar-refractivity contribution >= 4 is 5.69 Å². The Labute approximate surface area is 121 Å². The normalized spacial score (nSPS) is 22.6. The Morgan fingerprint density at radius 2 is 2.10 bits per heavy atom. The van der Waals surface area contributed by atoms with Crippen molar-refractivity contribution in [2.75, 3.05) is 31.2 Å². The molecule has 3 heteroatoms. The molecule has 1 aromatic rings. The summed E-state index contributed by atoms with van der Waals surface area (Å²) >= 11 is 0. The van der Waals surface area contributed by atoms with E-state index in [-0.39, 0.29) is 5.41 Å². The summed E-state index contributed by atoms with van der Waals surface area (Å²) in [7, 11) is 0. The maximum absolute atomic E-state index is 5.87. The SMILES string of the molecule is CC(C)(C)c1ccc2c(c1)OCCN2CC1CCCO1. The first-order valence-corrected chi connectivity index (χ1v) is 7.68. The van der Waals surface area contributed by atoms with E-state index in [0.29, 0.717) is 6.10 Å². The van der Waals surface area contributed by atoms with Gasteiger partial charge >= 0.3 is 0 Å². The van der Waals surface area contributed by atoms with Gasteiger partial charge in [0.1, 0.15) is 12.4 Å². The lowest BCUT2D eigenvalue weighted by atomic mass is 9.86. The molecule has 3 rings (SSSR count). The number of fused-ring (bicyclic) bond motifs is 1. The second-order valence-electron chi connectivity index (χ2n) is 6.86. The third-order valence-corrected chi connectivity index (χ3v) is 4.23. The molecule has 0 aliphatic carbocycles. The predicted octanol–water partition coefficient (Wildman–Crippen LogP) is 3.36. The van der Waals surface area contributed by atoms with Gasteiger partial charge in [0.2, 0.25) is 0 Å². The van der Waals surface area contributed by atoms with Crippen molar-refractivity contribution in [1.29, 1.82) is 0 Å². The first-order chi connectivity index (χ1) is 9.54. The highest BCUT2D eigenvalue weighted by atomic mass is 16.5. The Bertz CT molecular complexity index is 472. The minimum atomic E-state index is 0.162. The first-order valence-electron chi connectivity index (χ1n) is 7.68. The maximum atomic E-state index is 5.87. The number of rotatable bonds is 2. The molecule has 1 fully saturated rings. The second-order valence-corrected chi connectivity index (χ2v) is 6.86. The summed E-state index contributed by atoms with van der Waals surface area (Å²) < 4.78 is 11.6. The van der Waals surface area contributed by atoms with E-state index in [1.165, 1.54) is 24.1 Å². The van der Waals surface area contributed by atoms with Gasteiger partial charge in [0.05, 0.1) is 18.3 Å². The molecule has 2 aliphatic rings. The van der Waals surface area contributed by atoms with E-state index in [2.05, 4.69) is 43.9 Å². The molecule has 2 heterocycles. The quantitative estimate of drug-likeness (QED) is 0.826. The zero-order valence-corrected chi connectivity index (χ0v) is 12.8. The highest BCUT2D eigenvalue weighted by molar-refractivity contribution is 5.61. The van der Waals surface area contributed by atoms with Crippen LogP contribution in [0.25, 0.3) is 0 Å². The minimum absolute atomic E-state index is 0.162. The molecular formula is C17H25NO2. The van der Waals surface area contributed by atoms with Crippen LogP contribution in [0.1, 0.15) is 39.2 Å². The number of nitrogens with zero attached hydrogens (tertiary/aromatic N) is 1. The number of hydrogen-bond acceptors (Lipinski definition) is 3. The van der Waals surface area contributed by atoms with Crippen molar-refractivity contribution in [2.24, 2.45) is 0 Å². The highest BCUT2D eigenvalue weighted by Crippen LogP contribution is 2.36. The van der Waals surface area contributed by atoms with Crippen LogP contribution in [0.3, 0.4) is 0 Å². The van der Waals surface area contributed by atoms with Gasteiger partial charge in [-0.3, -0.25) is 0 Å². The molecule has 20 heavy (non-hydrogen) atoms. The van der Waals surface area contributed by atoms with Gasteiger partial charge in [-0.05, 0) is 36.0 Å². The van der Waals surface area contributed by atoms with Crippen LogP contribution in [0.15, 0.2) is 18.2 Å². The van der Waals surface area contributed by atoms with Crippen molar-refractivity contribution < 1.29 is 9.47 Å². The molecule has 0 saturated carbocycles. The molecule has 1 aromatic carbocycles. The third-order valence-electron chi connectivity index (χ3n) is 4.23. The monoisotopic (exact) mass is 275 g/mol. The van der Waals surface area contributed by atoms with Gasteiger partial charge in [-0.1, -0.05) is 26.8 Å². The van der Waals surface area contributed by atoms with Crippen LogP contribution in [0.4, 0.5) is 5.69 Å². The molecule has 1 saturated heterocycles. The molecular weight excluding hydrogens is 250 g/mol. The minimum Gasteiger partial charge on any atom is -0.490 e. The molecule has 0 spiro atoms. The Balaban J connectivity index is 1.81. The summed E-state index contributed by atoms with van der Waals surface area (Å²) in [6.45, 7) is 10.4. The van der Waals surface area contributed by atoms with Gasteiger partial charge in [0.15, 0.2) is 0 Å². The van der Waals surface area contributed by atoms with Gasteiger partial charge in [-0.2, -0.15) is 0 Å². The van der Waals surface area contributed by atoms with E-state index in [0.717, 1.165) is 32.1 Å². The molecule has 1 atom stereocenters. The Morgan fingerprint density at radius 1 is 1.25 bits per heavy atom. The first kappa shape index (κ1) is 13.7. The maximum Gasteiger partial charge on any atom is 0.142 e. The lowest BCUT2D eigenvalue weighted by Crippen LogP contribution is -2.38. The van der Waals surface area contributed by atoms with Gasteiger partial charge in [-0.25, -0.2) is 0 Å². The summed E-state index contributed by atoms with van der Waals surface area (Å²) in [6.07, 6.45) is 2.78. The number of anilines is 1. The number of ether oxygens (including phenoxy) is 2. The molecule has 110 valence electrons. The van der Waals surface area contributed by atoms with Crippen LogP contribution >= 0.6 is 0 Å². The van der Waals surface area contributed by atoms with Crippen LogP contribution < -0.4 is 9.64 Å². The lowest BCUT2D eigenvalue weighted by Gasteiger charge is -2.34. The van der Waals surface area contributed by atoms with E-state index in [9.17, 15) is 0 Å². The molecule has 0 amide bonds.